The van der Waals surface area contributed by atoms with Crippen molar-refractivity contribution in [3.63, 3.8) is 0 Å². The highest BCUT2D eigenvalue weighted by Crippen LogP contribution is 2.08. The molecule has 1 aromatic heterocycles. The molecule has 0 saturated carbocycles. The molecule has 128 valence electrons. The van der Waals surface area contributed by atoms with Crippen LogP contribution < -0.4 is 16.2 Å². The van der Waals surface area contributed by atoms with Gasteiger partial charge in [0.2, 0.25) is 0 Å². The molecule has 6 heteroatoms. The lowest BCUT2D eigenvalue weighted by Crippen LogP contribution is -2.50. The van der Waals surface area contributed by atoms with Crippen LogP contribution in [0, 0.1) is 0 Å². The Labute approximate surface area is 141 Å². The molecule has 0 aliphatic carbocycles. The highest BCUT2D eigenvalue weighted by atomic mass is 16.3. The van der Waals surface area contributed by atoms with Crippen molar-refractivity contribution in [3.05, 3.63) is 64.6 Å². The molecule has 1 unspecified atom stereocenters. The highest BCUT2D eigenvalue weighted by molar-refractivity contribution is 5.89. The molecule has 0 radical (unpaired) electrons. The van der Waals surface area contributed by atoms with E-state index in [-0.39, 0.29) is 17.9 Å². The SMILES string of the molecule is CCC(C)(CO)NC(=O)Nc1cccn(Cc2ccccc2)c1=O. The predicted molar refractivity (Wildman–Crippen MR) is 94.2 cm³/mol. The number of aromatic nitrogens is 1. The van der Waals surface area contributed by atoms with Crippen molar-refractivity contribution >= 4 is 11.7 Å². The summed E-state index contributed by atoms with van der Waals surface area (Å²) in [6.45, 7) is 3.86. The van der Waals surface area contributed by atoms with Crippen LogP contribution in [0.25, 0.3) is 0 Å². The largest absolute Gasteiger partial charge is 0.394 e. The first-order chi connectivity index (χ1) is 11.5. The Morgan fingerprint density at radius 3 is 2.54 bits per heavy atom. The quantitative estimate of drug-likeness (QED) is 0.759. The van der Waals surface area contributed by atoms with E-state index in [1.54, 1.807) is 25.3 Å². The molecule has 2 amide bonds. The second-order valence-electron chi connectivity index (χ2n) is 5.99. The van der Waals surface area contributed by atoms with Crippen molar-refractivity contribution in [2.75, 3.05) is 11.9 Å². The number of aliphatic hydroxyl groups is 1. The predicted octanol–water partition coefficient (Wildman–Crippen LogP) is 2.18. The molecule has 6 nitrogen and oxygen atoms in total. The summed E-state index contributed by atoms with van der Waals surface area (Å²) in [7, 11) is 0. The molecule has 0 aliphatic rings. The Kier molecular flexibility index (Phi) is 5.76. The van der Waals surface area contributed by atoms with Gasteiger partial charge in [-0.05, 0) is 31.0 Å². The average molecular weight is 329 g/mol. The third-order valence-corrected chi connectivity index (χ3v) is 4.01. The molecule has 2 aromatic rings. The summed E-state index contributed by atoms with van der Waals surface area (Å²) in [4.78, 5) is 24.6. The number of nitrogens with zero attached hydrogens (tertiary/aromatic N) is 1. The van der Waals surface area contributed by atoms with Crippen molar-refractivity contribution in [1.29, 1.82) is 0 Å². The second kappa shape index (κ2) is 7.79. The first kappa shape index (κ1) is 17.7. The lowest BCUT2D eigenvalue weighted by atomic mass is 10.0. The number of amides is 2. The number of hydrogen-bond acceptors (Lipinski definition) is 3. The van der Waals surface area contributed by atoms with Gasteiger partial charge >= 0.3 is 6.03 Å². The van der Waals surface area contributed by atoms with Gasteiger partial charge in [0.05, 0.1) is 18.7 Å². The highest BCUT2D eigenvalue weighted by Gasteiger charge is 2.23. The van der Waals surface area contributed by atoms with E-state index in [1.807, 2.05) is 37.3 Å². The summed E-state index contributed by atoms with van der Waals surface area (Å²) in [5, 5.41) is 14.6. The number of anilines is 1. The molecule has 1 heterocycles. The third-order valence-electron chi connectivity index (χ3n) is 4.01. The number of nitrogens with one attached hydrogen (secondary N) is 2. The van der Waals surface area contributed by atoms with E-state index in [9.17, 15) is 14.7 Å². The van der Waals surface area contributed by atoms with Gasteiger partial charge in [-0.3, -0.25) is 4.79 Å². The Bertz CT molecular complexity index is 737. The lowest BCUT2D eigenvalue weighted by molar-refractivity contribution is 0.172. The number of carbonyl (C=O) groups excluding carboxylic acids is 1. The number of aliphatic hydroxyl groups excluding tert-OH is 1. The maximum atomic E-state index is 12.5. The minimum absolute atomic E-state index is 0.177. The van der Waals surface area contributed by atoms with Gasteiger partial charge in [0.15, 0.2) is 0 Å². The zero-order chi connectivity index (χ0) is 17.6. The van der Waals surface area contributed by atoms with E-state index < -0.39 is 11.6 Å². The van der Waals surface area contributed by atoms with Crippen LogP contribution in [0.3, 0.4) is 0 Å². The zero-order valence-electron chi connectivity index (χ0n) is 14.0. The lowest BCUT2D eigenvalue weighted by Gasteiger charge is -2.27. The van der Waals surface area contributed by atoms with E-state index >= 15 is 0 Å². The van der Waals surface area contributed by atoms with Crippen LogP contribution in [0.1, 0.15) is 25.8 Å². The van der Waals surface area contributed by atoms with Crippen molar-refractivity contribution < 1.29 is 9.90 Å². The molecule has 24 heavy (non-hydrogen) atoms. The van der Waals surface area contributed by atoms with Gasteiger partial charge in [-0.25, -0.2) is 4.79 Å². The first-order valence-corrected chi connectivity index (χ1v) is 7.91. The molecule has 1 aromatic carbocycles. The molecular weight excluding hydrogens is 306 g/mol. The topological polar surface area (TPSA) is 83.4 Å². The molecule has 0 saturated heterocycles. The van der Waals surface area contributed by atoms with E-state index in [0.29, 0.717) is 13.0 Å². The Hall–Kier alpha value is -2.60. The van der Waals surface area contributed by atoms with E-state index in [0.717, 1.165) is 5.56 Å². The van der Waals surface area contributed by atoms with Crippen LogP contribution >= 0.6 is 0 Å². The zero-order valence-corrected chi connectivity index (χ0v) is 14.0. The monoisotopic (exact) mass is 329 g/mol. The van der Waals surface area contributed by atoms with Crippen molar-refractivity contribution in [1.82, 2.24) is 9.88 Å². The molecular formula is C18H23N3O3. The van der Waals surface area contributed by atoms with Crippen molar-refractivity contribution in [2.24, 2.45) is 0 Å². The smallest absolute Gasteiger partial charge is 0.319 e. The fourth-order valence-corrected chi connectivity index (χ4v) is 2.20. The molecule has 3 N–H and O–H groups in total. The van der Waals surface area contributed by atoms with Crippen LogP contribution in [-0.4, -0.2) is 27.9 Å². The summed E-state index contributed by atoms with van der Waals surface area (Å²) in [6.07, 6.45) is 2.26. The fraction of sp³-hybridized carbons (Fsp3) is 0.333. The van der Waals surface area contributed by atoms with E-state index in [1.165, 1.54) is 4.57 Å². The molecule has 0 aliphatic heterocycles. The first-order valence-electron chi connectivity index (χ1n) is 7.91. The number of hydrogen-bond donors (Lipinski definition) is 3. The van der Waals surface area contributed by atoms with Crippen molar-refractivity contribution in [2.45, 2.75) is 32.4 Å². The normalized spacial score (nSPS) is 13.1. The van der Waals surface area contributed by atoms with Crippen LogP contribution in [0.15, 0.2) is 53.5 Å². The maximum absolute atomic E-state index is 12.5. The summed E-state index contributed by atoms with van der Waals surface area (Å²) < 4.78 is 1.54. The fourth-order valence-electron chi connectivity index (χ4n) is 2.20. The standard InChI is InChI=1S/C18H23N3O3/c1-3-18(2,13-22)20-17(24)19-15-10-7-11-21(16(15)23)12-14-8-5-4-6-9-14/h4-11,22H,3,12-13H2,1-2H3,(H2,19,20,24). The minimum Gasteiger partial charge on any atom is -0.394 e. The minimum atomic E-state index is -0.720. The maximum Gasteiger partial charge on any atom is 0.319 e. The van der Waals surface area contributed by atoms with Gasteiger partial charge in [0, 0.05) is 6.20 Å². The summed E-state index contributed by atoms with van der Waals surface area (Å²) >= 11 is 0. The van der Waals surface area contributed by atoms with Crippen LogP contribution in [-0.2, 0) is 6.54 Å². The summed E-state index contributed by atoms with van der Waals surface area (Å²) in [5.74, 6) is 0. The number of pyridine rings is 1. The molecule has 0 spiro atoms. The Balaban J connectivity index is 2.13. The third kappa shape index (κ3) is 4.45. The van der Waals surface area contributed by atoms with Crippen molar-refractivity contribution in [3.8, 4) is 0 Å². The van der Waals surface area contributed by atoms with E-state index in [4.69, 9.17) is 0 Å². The molecule has 0 bridgehead atoms. The number of urea groups is 1. The number of carbonyl (C=O) groups is 1. The Morgan fingerprint density at radius 1 is 1.21 bits per heavy atom. The van der Waals surface area contributed by atoms with Gasteiger partial charge in [-0.15, -0.1) is 0 Å². The van der Waals surface area contributed by atoms with Gasteiger partial charge in [-0.2, -0.15) is 0 Å². The van der Waals surface area contributed by atoms with Crippen LogP contribution in [0.4, 0.5) is 10.5 Å². The summed E-state index contributed by atoms with van der Waals surface area (Å²) in [5.41, 5.74) is 0.197. The molecule has 2 rings (SSSR count). The Morgan fingerprint density at radius 2 is 1.92 bits per heavy atom. The van der Waals surface area contributed by atoms with Gasteiger partial charge in [0.1, 0.15) is 5.69 Å². The molecule has 1 atom stereocenters. The number of benzene rings is 1. The van der Waals surface area contributed by atoms with E-state index in [2.05, 4.69) is 10.6 Å². The van der Waals surface area contributed by atoms with Crippen LogP contribution in [0.5, 0.6) is 0 Å². The second-order valence-corrected chi connectivity index (χ2v) is 5.99. The van der Waals surface area contributed by atoms with Crippen LogP contribution in [0.2, 0.25) is 0 Å². The van der Waals surface area contributed by atoms with Gasteiger partial charge < -0.3 is 20.3 Å². The average Bonchev–Trinajstić information content (AvgIpc) is 2.59. The van der Waals surface area contributed by atoms with Gasteiger partial charge in [-0.1, -0.05) is 37.3 Å². The summed E-state index contributed by atoms with van der Waals surface area (Å²) in [6, 6.07) is 12.4. The molecule has 0 fully saturated rings. The van der Waals surface area contributed by atoms with Gasteiger partial charge in [0.25, 0.3) is 5.56 Å². The number of rotatable bonds is 6.